The molecule has 0 aromatic carbocycles. The standard InChI is InChI=1S/C12H18N4O2/c1-8-5-9(2)16(15-8)7-12(18)14-10-3-4-11(17)13-6-10/h5,10H,3-4,6-7H2,1-2H3,(H,13,17)(H,14,18). The molecule has 18 heavy (non-hydrogen) atoms. The van der Waals surface area contributed by atoms with Gasteiger partial charge in [-0.1, -0.05) is 0 Å². The van der Waals surface area contributed by atoms with Crippen LogP contribution in [-0.4, -0.2) is 34.2 Å². The molecule has 6 heteroatoms. The number of nitrogens with zero attached hydrogens (tertiary/aromatic N) is 2. The Morgan fingerprint density at radius 3 is 2.94 bits per heavy atom. The molecular formula is C12H18N4O2. The van der Waals surface area contributed by atoms with E-state index in [1.807, 2.05) is 19.9 Å². The molecule has 2 amide bonds. The molecule has 1 atom stereocenters. The Labute approximate surface area is 106 Å². The molecule has 1 aliphatic rings. The lowest BCUT2D eigenvalue weighted by Crippen LogP contribution is -2.48. The van der Waals surface area contributed by atoms with Gasteiger partial charge in [0.05, 0.1) is 5.69 Å². The summed E-state index contributed by atoms with van der Waals surface area (Å²) in [6.45, 7) is 4.57. The lowest BCUT2D eigenvalue weighted by molar-refractivity contribution is -0.126. The van der Waals surface area contributed by atoms with Crippen LogP contribution in [0.15, 0.2) is 6.07 Å². The van der Waals surface area contributed by atoms with E-state index in [1.54, 1.807) is 4.68 Å². The van der Waals surface area contributed by atoms with Crippen LogP contribution in [0.25, 0.3) is 0 Å². The van der Waals surface area contributed by atoms with Gasteiger partial charge < -0.3 is 10.6 Å². The maximum absolute atomic E-state index is 11.8. The smallest absolute Gasteiger partial charge is 0.242 e. The van der Waals surface area contributed by atoms with Crippen molar-refractivity contribution >= 4 is 11.8 Å². The van der Waals surface area contributed by atoms with Crippen LogP contribution in [-0.2, 0) is 16.1 Å². The molecule has 0 aliphatic carbocycles. The van der Waals surface area contributed by atoms with Gasteiger partial charge in [0.1, 0.15) is 6.54 Å². The minimum absolute atomic E-state index is 0.0344. The minimum Gasteiger partial charge on any atom is -0.354 e. The van der Waals surface area contributed by atoms with E-state index in [4.69, 9.17) is 0 Å². The SMILES string of the molecule is Cc1cc(C)n(CC(=O)NC2CCC(=O)NC2)n1. The van der Waals surface area contributed by atoms with Gasteiger partial charge in [0.2, 0.25) is 11.8 Å². The van der Waals surface area contributed by atoms with Crippen LogP contribution in [0.3, 0.4) is 0 Å². The van der Waals surface area contributed by atoms with Gasteiger partial charge in [0.25, 0.3) is 0 Å². The highest BCUT2D eigenvalue weighted by Gasteiger charge is 2.19. The molecule has 2 heterocycles. The molecule has 1 unspecified atom stereocenters. The van der Waals surface area contributed by atoms with Crippen molar-refractivity contribution < 1.29 is 9.59 Å². The van der Waals surface area contributed by atoms with Crippen molar-refractivity contribution in [1.29, 1.82) is 0 Å². The summed E-state index contributed by atoms with van der Waals surface area (Å²) >= 11 is 0. The van der Waals surface area contributed by atoms with Crippen molar-refractivity contribution in [2.24, 2.45) is 0 Å². The third-order valence-electron chi connectivity index (χ3n) is 3.03. The fourth-order valence-electron chi connectivity index (χ4n) is 2.10. The number of piperidine rings is 1. The molecule has 1 fully saturated rings. The topological polar surface area (TPSA) is 76.0 Å². The third-order valence-corrected chi connectivity index (χ3v) is 3.03. The third kappa shape index (κ3) is 3.09. The van der Waals surface area contributed by atoms with Crippen LogP contribution >= 0.6 is 0 Å². The van der Waals surface area contributed by atoms with Gasteiger partial charge in [-0.3, -0.25) is 14.3 Å². The highest BCUT2D eigenvalue weighted by Crippen LogP contribution is 2.04. The van der Waals surface area contributed by atoms with Crippen molar-refractivity contribution in [3.8, 4) is 0 Å². The number of nitrogens with one attached hydrogen (secondary N) is 2. The zero-order valence-corrected chi connectivity index (χ0v) is 10.7. The van der Waals surface area contributed by atoms with E-state index in [9.17, 15) is 9.59 Å². The quantitative estimate of drug-likeness (QED) is 0.786. The number of hydrogen-bond donors (Lipinski definition) is 2. The Hall–Kier alpha value is -1.85. The van der Waals surface area contributed by atoms with E-state index in [0.717, 1.165) is 11.4 Å². The Morgan fingerprint density at radius 1 is 1.61 bits per heavy atom. The molecule has 1 aromatic heterocycles. The lowest BCUT2D eigenvalue weighted by atomic mass is 10.1. The summed E-state index contributed by atoms with van der Waals surface area (Å²) in [4.78, 5) is 22.8. The monoisotopic (exact) mass is 250 g/mol. The highest BCUT2D eigenvalue weighted by atomic mass is 16.2. The maximum Gasteiger partial charge on any atom is 0.242 e. The van der Waals surface area contributed by atoms with Gasteiger partial charge in [-0.25, -0.2) is 0 Å². The summed E-state index contributed by atoms with van der Waals surface area (Å²) in [6, 6.07) is 1.97. The highest BCUT2D eigenvalue weighted by molar-refractivity contribution is 5.78. The molecule has 0 radical (unpaired) electrons. The number of carbonyl (C=O) groups excluding carboxylic acids is 2. The predicted molar refractivity (Wildman–Crippen MR) is 65.9 cm³/mol. The second kappa shape index (κ2) is 5.20. The van der Waals surface area contributed by atoms with Crippen molar-refractivity contribution in [3.05, 3.63) is 17.5 Å². The van der Waals surface area contributed by atoms with E-state index in [0.29, 0.717) is 19.4 Å². The van der Waals surface area contributed by atoms with Crippen molar-refractivity contribution in [2.75, 3.05) is 6.54 Å². The van der Waals surface area contributed by atoms with Gasteiger partial charge in [0, 0.05) is 24.7 Å². The summed E-state index contributed by atoms with van der Waals surface area (Å²) in [5, 5.41) is 9.89. The molecule has 1 aliphatic heterocycles. The number of aromatic nitrogens is 2. The van der Waals surface area contributed by atoms with E-state index < -0.39 is 0 Å². The number of carbonyl (C=O) groups is 2. The molecule has 1 saturated heterocycles. The Balaban J connectivity index is 1.85. The van der Waals surface area contributed by atoms with Gasteiger partial charge in [-0.05, 0) is 26.3 Å². The number of hydrogen-bond acceptors (Lipinski definition) is 3. The average Bonchev–Trinajstić information content (AvgIpc) is 2.61. The summed E-state index contributed by atoms with van der Waals surface area (Å²) in [5.74, 6) is -0.0126. The number of rotatable bonds is 3. The largest absolute Gasteiger partial charge is 0.354 e. The lowest BCUT2D eigenvalue weighted by Gasteiger charge is -2.23. The second-order valence-corrected chi connectivity index (χ2v) is 4.69. The van der Waals surface area contributed by atoms with Gasteiger partial charge in [-0.2, -0.15) is 5.10 Å². The molecule has 6 nitrogen and oxygen atoms in total. The average molecular weight is 250 g/mol. The number of aryl methyl sites for hydroxylation is 2. The Morgan fingerprint density at radius 2 is 2.39 bits per heavy atom. The molecule has 2 rings (SSSR count). The molecule has 98 valence electrons. The molecular weight excluding hydrogens is 232 g/mol. The van der Waals surface area contributed by atoms with Crippen molar-refractivity contribution in [1.82, 2.24) is 20.4 Å². The van der Waals surface area contributed by atoms with Crippen molar-refractivity contribution in [2.45, 2.75) is 39.3 Å². The maximum atomic E-state index is 11.8. The molecule has 0 bridgehead atoms. The predicted octanol–water partition coefficient (Wildman–Crippen LogP) is -0.105. The van der Waals surface area contributed by atoms with Crippen LogP contribution in [0.5, 0.6) is 0 Å². The zero-order chi connectivity index (χ0) is 13.1. The minimum atomic E-state index is -0.0673. The molecule has 0 spiro atoms. The zero-order valence-electron chi connectivity index (χ0n) is 10.7. The van der Waals surface area contributed by atoms with E-state index in [1.165, 1.54) is 0 Å². The fourth-order valence-corrected chi connectivity index (χ4v) is 2.10. The van der Waals surface area contributed by atoms with E-state index in [-0.39, 0.29) is 24.4 Å². The summed E-state index contributed by atoms with van der Waals surface area (Å²) in [5.41, 5.74) is 1.88. The Bertz CT molecular complexity index is 457. The van der Waals surface area contributed by atoms with Crippen LogP contribution in [0.1, 0.15) is 24.2 Å². The molecule has 0 saturated carbocycles. The molecule has 1 aromatic rings. The Kier molecular flexibility index (Phi) is 3.64. The first-order chi connectivity index (χ1) is 8.54. The molecule has 2 N–H and O–H groups in total. The first kappa shape index (κ1) is 12.6. The number of amides is 2. The van der Waals surface area contributed by atoms with Gasteiger partial charge >= 0.3 is 0 Å². The summed E-state index contributed by atoms with van der Waals surface area (Å²) < 4.78 is 1.69. The van der Waals surface area contributed by atoms with Crippen LogP contribution in [0.4, 0.5) is 0 Å². The summed E-state index contributed by atoms with van der Waals surface area (Å²) in [6.07, 6.45) is 1.18. The van der Waals surface area contributed by atoms with Crippen molar-refractivity contribution in [3.63, 3.8) is 0 Å². The van der Waals surface area contributed by atoms with Gasteiger partial charge in [-0.15, -0.1) is 0 Å². The first-order valence-corrected chi connectivity index (χ1v) is 6.11. The first-order valence-electron chi connectivity index (χ1n) is 6.11. The van der Waals surface area contributed by atoms with E-state index in [2.05, 4.69) is 15.7 Å². The normalized spacial score (nSPS) is 19.4. The second-order valence-electron chi connectivity index (χ2n) is 4.69. The van der Waals surface area contributed by atoms with Crippen LogP contribution < -0.4 is 10.6 Å². The van der Waals surface area contributed by atoms with Crippen LogP contribution in [0, 0.1) is 13.8 Å². The van der Waals surface area contributed by atoms with Crippen LogP contribution in [0.2, 0.25) is 0 Å². The van der Waals surface area contributed by atoms with Gasteiger partial charge in [0.15, 0.2) is 0 Å². The van der Waals surface area contributed by atoms with E-state index >= 15 is 0 Å². The summed E-state index contributed by atoms with van der Waals surface area (Å²) in [7, 11) is 0. The fraction of sp³-hybridized carbons (Fsp3) is 0.583.